The highest BCUT2D eigenvalue weighted by molar-refractivity contribution is 6.30. The number of anilines is 1. The Morgan fingerprint density at radius 2 is 1.89 bits per heavy atom. The molecule has 4 aliphatic rings. The lowest BCUT2D eigenvalue weighted by Gasteiger charge is -2.57. The maximum atomic E-state index is 13.4. The van der Waals surface area contributed by atoms with Crippen molar-refractivity contribution in [1.29, 1.82) is 0 Å². The number of halogens is 1. The van der Waals surface area contributed by atoms with Crippen LogP contribution >= 0.6 is 11.6 Å². The Morgan fingerprint density at radius 1 is 1.17 bits per heavy atom. The van der Waals surface area contributed by atoms with Crippen LogP contribution in [0.4, 0.5) is 15.3 Å². The summed E-state index contributed by atoms with van der Waals surface area (Å²) in [5.41, 5.74) is 2.18. The van der Waals surface area contributed by atoms with Crippen molar-refractivity contribution in [1.82, 2.24) is 20.0 Å². The van der Waals surface area contributed by atoms with Crippen molar-refractivity contribution in [2.45, 2.75) is 53.0 Å². The molecule has 3 aliphatic carbocycles. The van der Waals surface area contributed by atoms with E-state index in [4.69, 9.17) is 11.6 Å². The van der Waals surface area contributed by atoms with E-state index in [-0.39, 0.29) is 17.6 Å². The lowest BCUT2D eigenvalue weighted by atomic mass is 9.49. The van der Waals surface area contributed by atoms with E-state index in [9.17, 15) is 9.59 Å². The number of carbonyl (C=O) groups is 2. The van der Waals surface area contributed by atoms with Gasteiger partial charge in [-0.1, -0.05) is 43.2 Å². The molecule has 0 aromatic heterocycles. The van der Waals surface area contributed by atoms with Gasteiger partial charge in [0.05, 0.1) is 0 Å². The Bertz CT molecular complexity index is 994. The van der Waals surface area contributed by atoms with Crippen molar-refractivity contribution < 1.29 is 9.59 Å². The highest BCUT2D eigenvalue weighted by Gasteiger charge is 2.51. The van der Waals surface area contributed by atoms with Crippen molar-refractivity contribution in [2.75, 3.05) is 51.1 Å². The van der Waals surface area contributed by atoms with E-state index in [0.29, 0.717) is 48.2 Å². The third-order valence-corrected chi connectivity index (χ3v) is 8.38. The number of hydrogen-bond donors (Lipinski definition) is 2. The molecule has 1 aromatic rings. The topological polar surface area (TPSA) is 67.9 Å². The molecule has 8 heteroatoms. The van der Waals surface area contributed by atoms with Crippen LogP contribution in [0, 0.1) is 17.3 Å². The molecule has 1 saturated carbocycles. The van der Waals surface area contributed by atoms with Crippen molar-refractivity contribution in [2.24, 2.45) is 17.3 Å². The molecule has 0 radical (unpaired) electrons. The fourth-order valence-electron chi connectivity index (χ4n) is 5.73. The SMILES string of the molecule is CC(C)(C)NC(=O)N1CCN(CCN(CC2=CCC3CC2C3(C)C)C(=O)Nc2cccc(Cl)c2)CC1. The third kappa shape index (κ3) is 6.35. The Morgan fingerprint density at radius 3 is 2.50 bits per heavy atom. The largest absolute Gasteiger partial charge is 0.333 e. The number of nitrogens with one attached hydrogen (secondary N) is 2. The lowest BCUT2D eigenvalue weighted by molar-refractivity contribution is -0.00969. The minimum atomic E-state index is -0.242. The Kier molecular flexibility index (Phi) is 7.91. The molecule has 0 spiro atoms. The zero-order valence-corrected chi connectivity index (χ0v) is 23.2. The molecule has 1 saturated heterocycles. The van der Waals surface area contributed by atoms with Crippen LogP contribution in [0.25, 0.3) is 0 Å². The van der Waals surface area contributed by atoms with Gasteiger partial charge in [-0.15, -0.1) is 0 Å². The standard InChI is InChI=1S/C28H42ClN5O2/c1-27(2,3)31-26(36)33-14-11-32(12-15-33)13-16-34(25(35)30-23-8-6-7-22(29)18-23)19-20-9-10-21-17-24(20)28(21,4)5/h6-9,18,21,24H,10-17,19H2,1-5H3,(H,30,35)(H,31,36). The number of nitrogens with zero attached hydrogens (tertiary/aromatic N) is 3. The van der Waals surface area contributed by atoms with Gasteiger partial charge in [-0.05, 0) is 69.1 Å². The van der Waals surface area contributed by atoms with E-state index in [1.807, 2.05) is 42.7 Å². The number of benzene rings is 1. The van der Waals surface area contributed by atoms with E-state index in [2.05, 4.69) is 35.5 Å². The summed E-state index contributed by atoms with van der Waals surface area (Å²) in [7, 11) is 0. The fourth-order valence-corrected chi connectivity index (χ4v) is 5.92. The van der Waals surface area contributed by atoms with Crippen LogP contribution in [-0.4, -0.2) is 78.1 Å². The number of piperazine rings is 1. The molecule has 7 nitrogen and oxygen atoms in total. The summed E-state index contributed by atoms with van der Waals surface area (Å²) in [5.74, 6) is 1.33. The van der Waals surface area contributed by atoms with Crippen LogP contribution in [0.1, 0.15) is 47.5 Å². The minimum absolute atomic E-state index is 0.00432. The van der Waals surface area contributed by atoms with Gasteiger partial charge >= 0.3 is 12.1 Å². The average molecular weight is 516 g/mol. The predicted molar refractivity (Wildman–Crippen MR) is 146 cm³/mol. The molecule has 2 atom stereocenters. The van der Waals surface area contributed by atoms with E-state index in [1.165, 1.54) is 12.0 Å². The Balaban J connectivity index is 1.36. The summed E-state index contributed by atoms with van der Waals surface area (Å²) in [6.07, 6.45) is 4.72. The Labute approximate surface area is 221 Å². The number of fused-ring (bicyclic) bond motifs is 1. The van der Waals surface area contributed by atoms with E-state index < -0.39 is 0 Å². The summed E-state index contributed by atoms with van der Waals surface area (Å²) in [6, 6.07) is 7.19. The van der Waals surface area contributed by atoms with Gasteiger partial charge in [-0.25, -0.2) is 9.59 Å². The lowest BCUT2D eigenvalue weighted by Crippen LogP contribution is -2.56. The van der Waals surface area contributed by atoms with Gasteiger partial charge in [0.1, 0.15) is 0 Å². The molecular weight excluding hydrogens is 474 g/mol. The second-order valence-corrected chi connectivity index (χ2v) is 12.6. The summed E-state index contributed by atoms with van der Waals surface area (Å²) in [5, 5.41) is 6.70. The fraction of sp³-hybridized carbons (Fsp3) is 0.643. The van der Waals surface area contributed by atoms with Gasteiger partial charge in [-0.3, -0.25) is 4.90 Å². The number of allylic oxidation sites excluding steroid dienone is 1. The molecule has 1 aromatic carbocycles. The monoisotopic (exact) mass is 515 g/mol. The number of rotatable bonds is 6. The molecule has 198 valence electrons. The number of hydrogen-bond acceptors (Lipinski definition) is 3. The van der Waals surface area contributed by atoms with Crippen LogP contribution in [0.15, 0.2) is 35.9 Å². The average Bonchev–Trinajstić information content (AvgIpc) is 2.81. The third-order valence-electron chi connectivity index (χ3n) is 8.15. The van der Waals surface area contributed by atoms with Crippen LogP contribution in [-0.2, 0) is 0 Å². The molecule has 2 N–H and O–H groups in total. The number of carbonyl (C=O) groups excluding carboxylic acids is 2. The highest BCUT2D eigenvalue weighted by atomic mass is 35.5. The van der Waals surface area contributed by atoms with Crippen LogP contribution in [0.3, 0.4) is 0 Å². The number of amides is 4. The summed E-state index contributed by atoms with van der Waals surface area (Å²) in [4.78, 5) is 32.1. The Hall–Kier alpha value is -2.25. The maximum absolute atomic E-state index is 13.4. The molecule has 1 heterocycles. The van der Waals surface area contributed by atoms with Crippen LogP contribution < -0.4 is 10.6 Å². The van der Waals surface area contributed by atoms with E-state index in [1.54, 1.807) is 12.1 Å². The molecule has 2 bridgehead atoms. The summed E-state index contributed by atoms with van der Waals surface area (Å²) >= 11 is 6.14. The first kappa shape index (κ1) is 26.8. The first-order valence-corrected chi connectivity index (χ1v) is 13.6. The van der Waals surface area contributed by atoms with Crippen molar-refractivity contribution >= 4 is 29.4 Å². The zero-order chi connectivity index (χ0) is 26.1. The van der Waals surface area contributed by atoms with Crippen molar-refractivity contribution in [3.8, 4) is 0 Å². The number of urea groups is 2. The van der Waals surface area contributed by atoms with Gasteiger partial charge in [0.15, 0.2) is 0 Å². The second-order valence-electron chi connectivity index (χ2n) is 12.2. The zero-order valence-electron chi connectivity index (χ0n) is 22.4. The van der Waals surface area contributed by atoms with Gasteiger partial charge < -0.3 is 20.4 Å². The predicted octanol–water partition coefficient (Wildman–Crippen LogP) is 5.29. The van der Waals surface area contributed by atoms with Gasteiger partial charge in [0.25, 0.3) is 0 Å². The van der Waals surface area contributed by atoms with E-state index >= 15 is 0 Å². The molecule has 5 rings (SSSR count). The summed E-state index contributed by atoms with van der Waals surface area (Å²) < 4.78 is 0. The minimum Gasteiger partial charge on any atom is -0.333 e. The molecule has 36 heavy (non-hydrogen) atoms. The quantitative estimate of drug-likeness (QED) is 0.506. The van der Waals surface area contributed by atoms with Gasteiger partial charge in [0, 0.05) is 62.1 Å². The first-order chi connectivity index (χ1) is 16.9. The maximum Gasteiger partial charge on any atom is 0.322 e. The smallest absolute Gasteiger partial charge is 0.322 e. The normalized spacial score (nSPS) is 23.4. The summed E-state index contributed by atoms with van der Waals surface area (Å²) in [6.45, 7) is 15.8. The van der Waals surface area contributed by atoms with E-state index in [0.717, 1.165) is 32.0 Å². The van der Waals surface area contributed by atoms with Crippen molar-refractivity contribution in [3.63, 3.8) is 0 Å². The van der Waals surface area contributed by atoms with Gasteiger partial charge in [0.2, 0.25) is 0 Å². The van der Waals surface area contributed by atoms with Crippen LogP contribution in [0.2, 0.25) is 5.02 Å². The molecule has 2 unspecified atom stereocenters. The molecule has 4 amide bonds. The molecular formula is C28H42ClN5O2. The molecule has 1 aliphatic heterocycles. The van der Waals surface area contributed by atoms with Crippen LogP contribution in [0.5, 0.6) is 0 Å². The highest BCUT2D eigenvalue weighted by Crippen LogP contribution is 2.59. The van der Waals surface area contributed by atoms with Crippen molar-refractivity contribution in [3.05, 3.63) is 40.9 Å². The first-order valence-electron chi connectivity index (χ1n) is 13.2. The molecule has 2 fully saturated rings. The van der Waals surface area contributed by atoms with Gasteiger partial charge in [-0.2, -0.15) is 0 Å². The second kappa shape index (κ2) is 10.6.